The summed E-state index contributed by atoms with van der Waals surface area (Å²) in [6.07, 6.45) is 1.20. The zero-order chi connectivity index (χ0) is 13.8. The lowest BCUT2D eigenvalue weighted by Crippen LogP contribution is -2.59. The lowest BCUT2D eigenvalue weighted by molar-refractivity contribution is 0.0866. The van der Waals surface area contributed by atoms with Gasteiger partial charge in [-0.1, -0.05) is 33.8 Å². The van der Waals surface area contributed by atoms with E-state index in [4.69, 9.17) is 0 Å². The third-order valence-corrected chi connectivity index (χ3v) is 5.23. The van der Waals surface area contributed by atoms with Crippen molar-refractivity contribution in [1.29, 1.82) is 0 Å². The zero-order valence-electron chi connectivity index (χ0n) is 12.7. The summed E-state index contributed by atoms with van der Waals surface area (Å²) in [7, 11) is 0. The number of thiophene rings is 1. The molecule has 0 saturated carbocycles. The molecule has 1 aromatic rings. The average molecular weight is 280 g/mol. The van der Waals surface area contributed by atoms with Crippen molar-refractivity contribution in [3.63, 3.8) is 0 Å². The Labute approximate surface area is 122 Å². The molecule has 1 fully saturated rings. The summed E-state index contributed by atoms with van der Waals surface area (Å²) < 4.78 is 0. The van der Waals surface area contributed by atoms with Gasteiger partial charge in [0.1, 0.15) is 0 Å². The summed E-state index contributed by atoms with van der Waals surface area (Å²) in [5.74, 6) is 1.45. The molecule has 108 valence electrons. The number of hydrogen-bond acceptors (Lipinski definition) is 3. The molecule has 0 bridgehead atoms. The number of piperazine rings is 1. The van der Waals surface area contributed by atoms with Crippen LogP contribution >= 0.6 is 11.3 Å². The number of nitrogens with zero attached hydrogens (tertiary/aromatic N) is 1. The van der Waals surface area contributed by atoms with Gasteiger partial charge in [-0.2, -0.15) is 0 Å². The molecule has 3 heteroatoms. The molecule has 2 atom stereocenters. The van der Waals surface area contributed by atoms with Gasteiger partial charge in [-0.25, -0.2) is 0 Å². The van der Waals surface area contributed by atoms with Crippen LogP contribution in [-0.4, -0.2) is 36.6 Å². The van der Waals surface area contributed by atoms with Crippen LogP contribution in [0.3, 0.4) is 0 Å². The largest absolute Gasteiger partial charge is 0.311 e. The third-order valence-electron chi connectivity index (χ3n) is 4.29. The predicted molar refractivity (Wildman–Crippen MR) is 84.9 cm³/mol. The van der Waals surface area contributed by atoms with Crippen LogP contribution in [0.4, 0.5) is 0 Å². The van der Waals surface area contributed by atoms with Gasteiger partial charge in [-0.05, 0) is 29.7 Å². The predicted octanol–water partition coefficient (Wildman–Crippen LogP) is 3.25. The van der Waals surface area contributed by atoms with E-state index in [2.05, 4.69) is 55.4 Å². The molecule has 0 aliphatic carbocycles. The summed E-state index contributed by atoms with van der Waals surface area (Å²) in [6, 6.07) is 5.76. The average Bonchev–Trinajstić information content (AvgIpc) is 2.88. The van der Waals surface area contributed by atoms with E-state index in [0.29, 0.717) is 12.1 Å². The normalized spacial score (nSPS) is 25.4. The maximum absolute atomic E-state index is 3.73. The lowest BCUT2D eigenvalue weighted by Gasteiger charge is -2.43. The van der Waals surface area contributed by atoms with Crippen LogP contribution in [0, 0.1) is 11.8 Å². The molecule has 1 aliphatic heterocycles. The topological polar surface area (TPSA) is 15.3 Å². The maximum Gasteiger partial charge on any atom is 0.0244 e. The molecular formula is C16H28N2S. The minimum atomic E-state index is 0.651. The van der Waals surface area contributed by atoms with Gasteiger partial charge >= 0.3 is 0 Å². The van der Waals surface area contributed by atoms with Gasteiger partial charge in [0.15, 0.2) is 0 Å². The molecule has 2 unspecified atom stereocenters. The Bertz CT molecular complexity index is 359. The van der Waals surface area contributed by atoms with Crippen LogP contribution in [0.5, 0.6) is 0 Å². The van der Waals surface area contributed by atoms with Crippen molar-refractivity contribution in [2.45, 2.75) is 46.2 Å². The van der Waals surface area contributed by atoms with Crippen molar-refractivity contribution >= 4 is 11.3 Å². The first-order valence-electron chi connectivity index (χ1n) is 7.57. The molecule has 0 aromatic carbocycles. The molecule has 2 heterocycles. The van der Waals surface area contributed by atoms with Crippen molar-refractivity contribution in [2.75, 3.05) is 19.6 Å². The first-order chi connectivity index (χ1) is 9.08. The van der Waals surface area contributed by atoms with E-state index >= 15 is 0 Å². The highest BCUT2D eigenvalue weighted by atomic mass is 32.1. The minimum Gasteiger partial charge on any atom is -0.311 e. The number of hydrogen-bond donors (Lipinski definition) is 1. The Morgan fingerprint density at radius 2 is 2.11 bits per heavy atom. The number of rotatable bonds is 5. The second-order valence-corrected chi connectivity index (χ2v) is 7.43. The van der Waals surface area contributed by atoms with Crippen LogP contribution < -0.4 is 5.32 Å². The monoisotopic (exact) mass is 280 g/mol. The van der Waals surface area contributed by atoms with Crippen molar-refractivity contribution < 1.29 is 0 Å². The standard InChI is InChI=1S/C16H28N2S/c1-12(2)15-11-18(16(10-17-15)13(3)4)8-7-14-6-5-9-19-14/h5-6,9,12-13,15-17H,7-8,10-11H2,1-4H3. The smallest absolute Gasteiger partial charge is 0.0244 e. The molecule has 0 radical (unpaired) electrons. The molecule has 0 amide bonds. The summed E-state index contributed by atoms with van der Waals surface area (Å²) in [5.41, 5.74) is 0. The molecule has 0 spiro atoms. The van der Waals surface area contributed by atoms with E-state index in [-0.39, 0.29) is 0 Å². The summed E-state index contributed by atoms with van der Waals surface area (Å²) in [6.45, 7) is 12.9. The minimum absolute atomic E-state index is 0.651. The first-order valence-corrected chi connectivity index (χ1v) is 8.45. The third kappa shape index (κ3) is 4.04. The van der Waals surface area contributed by atoms with Crippen LogP contribution in [-0.2, 0) is 6.42 Å². The second kappa shape index (κ2) is 6.87. The fraction of sp³-hybridized carbons (Fsp3) is 0.750. The van der Waals surface area contributed by atoms with E-state index in [1.54, 1.807) is 0 Å². The van der Waals surface area contributed by atoms with Gasteiger partial charge in [0, 0.05) is 36.6 Å². The Kier molecular flexibility index (Phi) is 5.43. The highest BCUT2D eigenvalue weighted by Gasteiger charge is 2.30. The molecule has 1 N–H and O–H groups in total. The first kappa shape index (κ1) is 15.0. The van der Waals surface area contributed by atoms with Crippen LogP contribution in [0.1, 0.15) is 32.6 Å². The van der Waals surface area contributed by atoms with Gasteiger partial charge < -0.3 is 5.32 Å². The van der Waals surface area contributed by atoms with Crippen molar-refractivity contribution in [2.24, 2.45) is 11.8 Å². The summed E-state index contributed by atoms with van der Waals surface area (Å²) in [5, 5.41) is 5.92. The van der Waals surface area contributed by atoms with Gasteiger partial charge in [0.05, 0.1) is 0 Å². The Balaban J connectivity index is 1.95. The van der Waals surface area contributed by atoms with Crippen LogP contribution in [0.15, 0.2) is 17.5 Å². The summed E-state index contributed by atoms with van der Waals surface area (Å²) in [4.78, 5) is 4.23. The van der Waals surface area contributed by atoms with Crippen molar-refractivity contribution in [3.05, 3.63) is 22.4 Å². The van der Waals surface area contributed by atoms with E-state index < -0.39 is 0 Å². The van der Waals surface area contributed by atoms with Crippen molar-refractivity contribution in [1.82, 2.24) is 10.2 Å². The molecule has 19 heavy (non-hydrogen) atoms. The van der Waals surface area contributed by atoms with E-state index in [1.807, 2.05) is 11.3 Å². The Morgan fingerprint density at radius 3 is 2.68 bits per heavy atom. The number of nitrogens with one attached hydrogen (secondary N) is 1. The highest BCUT2D eigenvalue weighted by molar-refractivity contribution is 7.09. The zero-order valence-corrected chi connectivity index (χ0v) is 13.5. The molecule has 1 aliphatic rings. The quantitative estimate of drug-likeness (QED) is 0.891. The van der Waals surface area contributed by atoms with Crippen molar-refractivity contribution in [3.8, 4) is 0 Å². The van der Waals surface area contributed by atoms with E-state index in [0.717, 1.165) is 18.4 Å². The summed E-state index contributed by atoms with van der Waals surface area (Å²) >= 11 is 1.89. The molecule has 2 rings (SSSR count). The fourth-order valence-electron chi connectivity index (χ4n) is 2.92. The van der Waals surface area contributed by atoms with Crippen LogP contribution in [0.25, 0.3) is 0 Å². The SMILES string of the molecule is CC(C)C1CN(CCc2cccs2)C(C(C)C)CN1. The van der Waals surface area contributed by atoms with E-state index in [9.17, 15) is 0 Å². The Hall–Kier alpha value is -0.380. The van der Waals surface area contributed by atoms with Gasteiger partial charge in [-0.15, -0.1) is 11.3 Å². The second-order valence-electron chi connectivity index (χ2n) is 6.39. The maximum atomic E-state index is 3.73. The molecule has 1 saturated heterocycles. The van der Waals surface area contributed by atoms with Gasteiger partial charge in [0.2, 0.25) is 0 Å². The highest BCUT2D eigenvalue weighted by Crippen LogP contribution is 2.19. The molecule has 2 nitrogen and oxygen atoms in total. The van der Waals surface area contributed by atoms with E-state index in [1.165, 1.54) is 24.4 Å². The van der Waals surface area contributed by atoms with Gasteiger partial charge in [-0.3, -0.25) is 4.90 Å². The lowest BCUT2D eigenvalue weighted by atomic mass is 9.94. The molecular weight excluding hydrogens is 252 g/mol. The van der Waals surface area contributed by atoms with Gasteiger partial charge in [0.25, 0.3) is 0 Å². The van der Waals surface area contributed by atoms with Crippen LogP contribution in [0.2, 0.25) is 0 Å². The molecule has 1 aromatic heterocycles. The Morgan fingerprint density at radius 1 is 1.32 bits per heavy atom. The fourth-order valence-corrected chi connectivity index (χ4v) is 3.62.